The number of ether oxygens (including phenoxy) is 1. The summed E-state index contributed by atoms with van der Waals surface area (Å²) >= 11 is 0. The number of nitrogens with one attached hydrogen (secondary N) is 2. The van der Waals surface area contributed by atoms with Crippen LogP contribution in [0.25, 0.3) is 5.69 Å². The number of aromatic nitrogens is 3. The molecule has 0 aliphatic carbocycles. The van der Waals surface area contributed by atoms with Crippen molar-refractivity contribution in [2.75, 3.05) is 48.8 Å². The molecule has 43 heavy (non-hydrogen) atoms. The average molecular weight is 582 g/mol. The molecule has 0 atom stereocenters. The van der Waals surface area contributed by atoms with E-state index in [-0.39, 0.29) is 17.4 Å². The maximum Gasteiger partial charge on any atom is 0.324 e. The third-order valence-electron chi connectivity index (χ3n) is 7.55. The molecule has 5 rings (SSSR count). The number of carbonyl (C=O) groups is 2. The third-order valence-corrected chi connectivity index (χ3v) is 7.55. The fourth-order valence-corrected chi connectivity index (χ4v) is 4.90. The van der Waals surface area contributed by atoms with Gasteiger partial charge in [0.05, 0.1) is 29.9 Å². The number of hydrogen-bond donors (Lipinski definition) is 2. The Kier molecular flexibility index (Phi) is 8.38. The standard InChI is InChI=1S/C33H39N7O3/c1-22-7-11-25(12-8-22)40-30(21-28(37-40)33(3,4)5)36-32(42)35-27-15-16-29(34-23(27)2)38-17-19-39(20-18-38)31(41)24-9-13-26(43-6)14-10-24/h7-16,21H,17-20H2,1-6H3,(H2,35,36,42). The molecule has 0 bridgehead atoms. The van der Waals surface area contributed by atoms with Crippen molar-refractivity contribution in [3.8, 4) is 11.4 Å². The van der Waals surface area contributed by atoms with Gasteiger partial charge in [-0.2, -0.15) is 5.10 Å². The predicted octanol–water partition coefficient (Wildman–Crippen LogP) is 5.80. The number of anilines is 3. The Balaban J connectivity index is 1.22. The van der Waals surface area contributed by atoms with Gasteiger partial charge in [0.25, 0.3) is 5.91 Å². The SMILES string of the molecule is COc1ccc(C(=O)N2CCN(c3ccc(NC(=O)Nc4cc(C(C)(C)C)nn4-c4ccc(C)cc4)c(C)n3)CC2)cc1. The lowest BCUT2D eigenvalue weighted by molar-refractivity contribution is 0.0746. The molecule has 1 aliphatic heterocycles. The van der Waals surface area contributed by atoms with Crippen molar-refractivity contribution in [2.45, 2.75) is 40.0 Å². The van der Waals surface area contributed by atoms with Crippen molar-refractivity contribution < 1.29 is 14.3 Å². The normalized spacial score (nSPS) is 13.5. The second-order valence-electron chi connectivity index (χ2n) is 11.8. The van der Waals surface area contributed by atoms with Crippen LogP contribution in [0.15, 0.2) is 66.7 Å². The fraction of sp³-hybridized carbons (Fsp3) is 0.333. The van der Waals surface area contributed by atoms with Crippen LogP contribution < -0.4 is 20.3 Å². The number of urea groups is 1. The molecule has 0 radical (unpaired) electrons. The highest BCUT2D eigenvalue weighted by molar-refractivity contribution is 6.00. The van der Waals surface area contributed by atoms with Crippen LogP contribution in [0.3, 0.4) is 0 Å². The van der Waals surface area contributed by atoms with Crippen LogP contribution >= 0.6 is 0 Å². The van der Waals surface area contributed by atoms with E-state index < -0.39 is 0 Å². The van der Waals surface area contributed by atoms with Gasteiger partial charge in [-0.25, -0.2) is 14.5 Å². The summed E-state index contributed by atoms with van der Waals surface area (Å²) in [7, 11) is 1.61. The van der Waals surface area contributed by atoms with Gasteiger partial charge in [-0.3, -0.25) is 10.1 Å². The summed E-state index contributed by atoms with van der Waals surface area (Å²) in [4.78, 5) is 34.8. The number of rotatable bonds is 6. The van der Waals surface area contributed by atoms with E-state index in [1.165, 1.54) is 0 Å². The van der Waals surface area contributed by atoms with Gasteiger partial charge in [0, 0.05) is 43.2 Å². The minimum atomic E-state index is -0.378. The zero-order chi connectivity index (χ0) is 30.7. The van der Waals surface area contributed by atoms with Gasteiger partial charge in [0.1, 0.15) is 17.4 Å². The average Bonchev–Trinajstić information content (AvgIpc) is 3.42. The summed E-state index contributed by atoms with van der Waals surface area (Å²) in [5, 5.41) is 10.7. The molecule has 2 N–H and O–H groups in total. The molecule has 3 heterocycles. The van der Waals surface area contributed by atoms with Gasteiger partial charge in [0.2, 0.25) is 0 Å². The fourth-order valence-electron chi connectivity index (χ4n) is 4.90. The zero-order valence-electron chi connectivity index (χ0n) is 25.6. The van der Waals surface area contributed by atoms with Gasteiger partial charge >= 0.3 is 6.03 Å². The van der Waals surface area contributed by atoms with Crippen LogP contribution in [0.5, 0.6) is 5.75 Å². The summed E-state index contributed by atoms with van der Waals surface area (Å²) < 4.78 is 6.95. The molecule has 2 aromatic carbocycles. The van der Waals surface area contributed by atoms with Crippen LogP contribution in [0, 0.1) is 13.8 Å². The van der Waals surface area contributed by atoms with Crippen LogP contribution in [0.2, 0.25) is 0 Å². The summed E-state index contributed by atoms with van der Waals surface area (Å²) in [5.74, 6) is 2.12. The lowest BCUT2D eigenvalue weighted by Gasteiger charge is -2.35. The molecule has 1 fully saturated rings. The van der Waals surface area contributed by atoms with E-state index in [9.17, 15) is 9.59 Å². The predicted molar refractivity (Wildman–Crippen MR) is 170 cm³/mol. The quantitative estimate of drug-likeness (QED) is 0.298. The first kappa shape index (κ1) is 29.6. The highest BCUT2D eigenvalue weighted by atomic mass is 16.5. The first-order valence-corrected chi connectivity index (χ1v) is 14.4. The van der Waals surface area contributed by atoms with Crippen LogP contribution in [-0.4, -0.2) is 64.9 Å². The van der Waals surface area contributed by atoms with Crippen LogP contribution in [0.4, 0.5) is 22.1 Å². The maximum atomic E-state index is 13.1. The Hall–Kier alpha value is -4.86. The number of amides is 3. The van der Waals surface area contributed by atoms with Gasteiger partial charge in [0.15, 0.2) is 0 Å². The Labute approximate surface area is 252 Å². The summed E-state index contributed by atoms with van der Waals surface area (Å²) in [6.07, 6.45) is 0. The Bertz CT molecular complexity index is 1600. The summed E-state index contributed by atoms with van der Waals surface area (Å²) in [6.45, 7) is 12.7. The third kappa shape index (κ3) is 6.80. The minimum Gasteiger partial charge on any atom is -0.497 e. The van der Waals surface area contributed by atoms with Gasteiger partial charge in [-0.15, -0.1) is 0 Å². The molecule has 4 aromatic rings. The second kappa shape index (κ2) is 12.2. The van der Waals surface area contributed by atoms with Crippen molar-refractivity contribution in [3.05, 3.63) is 89.2 Å². The van der Waals surface area contributed by atoms with E-state index in [4.69, 9.17) is 14.8 Å². The number of nitrogens with zero attached hydrogens (tertiary/aromatic N) is 5. The monoisotopic (exact) mass is 581 g/mol. The number of pyridine rings is 1. The molecule has 0 unspecified atom stereocenters. The first-order chi connectivity index (χ1) is 20.5. The van der Waals surface area contributed by atoms with Crippen molar-refractivity contribution in [3.63, 3.8) is 0 Å². The minimum absolute atomic E-state index is 0.00958. The molecule has 0 spiro atoms. The second-order valence-corrected chi connectivity index (χ2v) is 11.8. The van der Waals surface area contributed by atoms with Crippen molar-refractivity contribution in [1.82, 2.24) is 19.7 Å². The number of carbonyl (C=O) groups excluding carboxylic acids is 2. The first-order valence-electron chi connectivity index (χ1n) is 14.4. The molecular weight excluding hydrogens is 542 g/mol. The number of hydrogen-bond acceptors (Lipinski definition) is 6. The van der Waals surface area contributed by atoms with E-state index in [1.807, 2.05) is 61.2 Å². The molecule has 1 aliphatic rings. The van der Waals surface area contributed by atoms with Crippen LogP contribution in [-0.2, 0) is 5.41 Å². The van der Waals surface area contributed by atoms with E-state index in [2.05, 4.69) is 36.3 Å². The maximum absolute atomic E-state index is 13.1. The molecule has 10 heteroatoms. The van der Waals surface area contributed by atoms with E-state index >= 15 is 0 Å². The molecule has 2 aromatic heterocycles. The lowest BCUT2D eigenvalue weighted by Crippen LogP contribution is -2.49. The molecule has 224 valence electrons. The molecule has 10 nitrogen and oxygen atoms in total. The number of benzene rings is 2. The highest BCUT2D eigenvalue weighted by Crippen LogP contribution is 2.27. The van der Waals surface area contributed by atoms with E-state index in [0.717, 1.165) is 28.5 Å². The molecular formula is C33H39N7O3. The number of aryl methyl sites for hydroxylation is 2. The summed E-state index contributed by atoms with van der Waals surface area (Å²) in [6, 6.07) is 20.5. The number of piperazine rings is 1. The molecule has 1 saturated heterocycles. The van der Waals surface area contributed by atoms with E-state index in [1.54, 1.807) is 36.1 Å². The van der Waals surface area contributed by atoms with Crippen molar-refractivity contribution in [2.24, 2.45) is 0 Å². The topological polar surface area (TPSA) is 105 Å². The van der Waals surface area contributed by atoms with Gasteiger partial charge in [-0.05, 0) is 62.4 Å². The van der Waals surface area contributed by atoms with Gasteiger partial charge in [-0.1, -0.05) is 38.5 Å². The number of methoxy groups -OCH3 is 1. The van der Waals surface area contributed by atoms with E-state index in [0.29, 0.717) is 48.9 Å². The smallest absolute Gasteiger partial charge is 0.324 e. The Morgan fingerprint density at radius 1 is 0.860 bits per heavy atom. The van der Waals surface area contributed by atoms with Crippen molar-refractivity contribution >= 4 is 29.3 Å². The molecule has 3 amide bonds. The zero-order valence-corrected chi connectivity index (χ0v) is 25.6. The van der Waals surface area contributed by atoms with Crippen molar-refractivity contribution in [1.29, 1.82) is 0 Å². The Morgan fingerprint density at radius 2 is 1.53 bits per heavy atom. The molecule has 0 saturated carbocycles. The Morgan fingerprint density at radius 3 is 2.14 bits per heavy atom. The van der Waals surface area contributed by atoms with Crippen LogP contribution in [0.1, 0.15) is 48.1 Å². The largest absolute Gasteiger partial charge is 0.497 e. The highest BCUT2D eigenvalue weighted by Gasteiger charge is 2.24. The summed E-state index contributed by atoms with van der Waals surface area (Å²) in [5.41, 5.74) is 4.66. The van der Waals surface area contributed by atoms with Gasteiger partial charge < -0.3 is 19.9 Å². The lowest BCUT2D eigenvalue weighted by atomic mass is 9.92.